The molecule has 0 aromatic heterocycles. The van der Waals surface area contributed by atoms with E-state index in [1.807, 2.05) is 0 Å². The zero-order chi connectivity index (χ0) is 16.5. The van der Waals surface area contributed by atoms with Gasteiger partial charge in [-0.2, -0.15) is 0 Å². The van der Waals surface area contributed by atoms with Crippen LogP contribution in [0.3, 0.4) is 0 Å². The molecule has 0 bridgehead atoms. The molecule has 1 aliphatic carbocycles. The van der Waals surface area contributed by atoms with Crippen molar-refractivity contribution in [1.82, 2.24) is 5.32 Å². The lowest BCUT2D eigenvalue weighted by Gasteiger charge is -2.42. The smallest absolute Gasteiger partial charge is 0.223 e. The van der Waals surface area contributed by atoms with E-state index in [2.05, 4.69) is 60.7 Å². The molecule has 124 valence electrons. The van der Waals surface area contributed by atoms with Crippen molar-refractivity contribution in [2.24, 2.45) is 22.7 Å². The van der Waals surface area contributed by atoms with E-state index < -0.39 is 0 Å². The van der Waals surface area contributed by atoms with Gasteiger partial charge in [-0.15, -0.1) is 0 Å². The maximum Gasteiger partial charge on any atom is 0.223 e. The fraction of sp³-hybridized carbons (Fsp3) is 0.947. The maximum absolute atomic E-state index is 12.6. The van der Waals surface area contributed by atoms with E-state index in [-0.39, 0.29) is 22.8 Å². The summed E-state index contributed by atoms with van der Waals surface area (Å²) in [6.07, 6.45) is 5.75. The van der Waals surface area contributed by atoms with E-state index in [4.69, 9.17) is 0 Å². The van der Waals surface area contributed by atoms with Gasteiger partial charge in [0.2, 0.25) is 5.91 Å². The molecule has 0 saturated heterocycles. The van der Waals surface area contributed by atoms with Gasteiger partial charge in [-0.25, -0.2) is 0 Å². The van der Waals surface area contributed by atoms with Crippen molar-refractivity contribution in [3.05, 3.63) is 0 Å². The largest absolute Gasteiger partial charge is 0.350 e. The Bertz CT molecular complexity index is 354. The molecule has 1 saturated carbocycles. The van der Waals surface area contributed by atoms with Crippen LogP contribution in [0.25, 0.3) is 0 Å². The van der Waals surface area contributed by atoms with Crippen LogP contribution in [-0.2, 0) is 4.79 Å². The van der Waals surface area contributed by atoms with Gasteiger partial charge in [0.1, 0.15) is 0 Å². The van der Waals surface area contributed by atoms with Crippen molar-refractivity contribution in [3.63, 3.8) is 0 Å². The van der Waals surface area contributed by atoms with Gasteiger partial charge >= 0.3 is 0 Å². The summed E-state index contributed by atoms with van der Waals surface area (Å²) in [6.45, 7) is 17.9. The van der Waals surface area contributed by atoms with E-state index in [1.54, 1.807) is 0 Å². The molecule has 0 heterocycles. The van der Waals surface area contributed by atoms with Crippen LogP contribution in [0.5, 0.6) is 0 Å². The monoisotopic (exact) mass is 295 g/mol. The predicted octanol–water partition coefficient (Wildman–Crippen LogP) is 5.17. The van der Waals surface area contributed by atoms with E-state index in [0.29, 0.717) is 5.41 Å². The summed E-state index contributed by atoms with van der Waals surface area (Å²) in [5.41, 5.74) is 0.333. The van der Waals surface area contributed by atoms with Crippen molar-refractivity contribution in [2.75, 3.05) is 0 Å². The number of rotatable bonds is 4. The summed E-state index contributed by atoms with van der Waals surface area (Å²) in [5.74, 6) is 1.26. The Hall–Kier alpha value is -0.530. The Labute approximate surface area is 132 Å². The van der Waals surface area contributed by atoms with Gasteiger partial charge in [-0.05, 0) is 56.3 Å². The lowest BCUT2D eigenvalue weighted by molar-refractivity contribution is -0.129. The molecule has 0 spiro atoms. The summed E-state index contributed by atoms with van der Waals surface area (Å²) in [5, 5.41) is 3.29. The van der Waals surface area contributed by atoms with Crippen LogP contribution in [0.4, 0.5) is 0 Å². The van der Waals surface area contributed by atoms with Crippen LogP contribution < -0.4 is 5.32 Å². The molecule has 2 nitrogen and oxygen atoms in total. The molecule has 2 heteroatoms. The molecule has 1 N–H and O–H groups in total. The Morgan fingerprint density at radius 3 is 1.81 bits per heavy atom. The summed E-state index contributed by atoms with van der Waals surface area (Å²) >= 11 is 0. The lowest BCUT2D eigenvalue weighted by Crippen LogP contribution is -2.54. The number of hydrogen-bond acceptors (Lipinski definition) is 1. The Kier molecular flexibility index (Phi) is 5.56. The van der Waals surface area contributed by atoms with Crippen molar-refractivity contribution >= 4 is 5.91 Å². The quantitative estimate of drug-likeness (QED) is 0.761. The van der Waals surface area contributed by atoms with Crippen molar-refractivity contribution in [1.29, 1.82) is 0 Å². The molecule has 0 aromatic rings. The van der Waals surface area contributed by atoms with Gasteiger partial charge in [0.15, 0.2) is 0 Å². The maximum atomic E-state index is 12.6. The first-order chi connectivity index (χ1) is 9.40. The Morgan fingerprint density at radius 2 is 1.43 bits per heavy atom. The number of nitrogens with one attached hydrogen (secondary N) is 1. The number of hydrogen-bond donors (Lipinski definition) is 1. The van der Waals surface area contributed by atoms with Crippen molar-refractivity contribution < 1.29 is 4.79 Å². The summed E-state index contributed by atoms with van der Waals surface area (Å²) in [4.78, 5) is 12.6. The minimum atomic E-state index is -0.163. The molecule has 0 radical (unpaired) electrons. The minimum Gasteiger partial charge on any atom is -0.350 e. The van der Waals surface area contributed by atoms with E-state index in [0.717, 1.165) is 18.8 Å². The molecular weight excluding hydrogens is 258 g/mol. The van der Waals surface area contributed by atoms with Gasteiger partial charge in [0, 0.05) is 11.5 Å². The molecule has 21 heavy (non-hydrogen) atoms. The molecule has 1 amide bonds. The molecule has 0 unspecified atom stereocenters. The molecule has 0 aromatic carbocycles. The zero-order valence-corrected chi connectivity index (χ0v) is 15.6. The highest BCUT2D eigenvalue weighted by Gasteiger charge is 2.38. The van der Waals surface area contributed by atoms with Crippen LogP contribution >= 0.6 is 0 Å². The fourth-order valence-corrected chi connectivity index (χ4v) is 3.02. The SMILES string of the molecule is CCC(C)(C)C1CCC(C(=O)NC(C)(C)C(C)(C)C)CC1. The first-order valence-electron chi connectivity index (χ1n) is 8.73. The summed E-state index contributed by atoms with van der Waals surface area (Å²) in [7, 11) is 0. The highest BCUT2D eigenvalue weighted by atomic mass is 16.2. The van der Waals surface area contributed by atoms with Crippen LogP contribution in [0.2, 0.25) is 0 Å². The molecule has 0 atom stereocenters. The third-order valence-electron chi connectivity index (χ3n) is 6.43. The highest BCUT2D eigenvalue weighted by Crippen LogP contribution is 2.42. The van der Waals surface area contributed by atoms with E-state index in [9.17, 15) is 4.79 Å². The van der Waals surface area contributed by atoms with Gasteiger partial charge < -0.3 is 5.32 Å². The number of carbonyl (C=O) groups is 1. The van der Waals surface area contributed by atoms with Gasteiger partial charge in [0.05, 0.1) is 0 Å². The average molecular weight is 296 g/mol. The normalized spacial score (nSPS) is 24.8. The van der Waals surface area contributed by atoms with Crippen LogP contribution in [0.15, 0.2) is 0 Å². The second-order valence-corrected chi connectivity index (χ2v) is 9.25. The summed E-state index contributed by atoms with van der Waals surface area (Å²) in [6, 6.07) is 0. The second kappa shape index (κ2) is 6.30. The van der Waals surface area contributed by atoms with Crippen LogP contribution in [0.1, 0.15) is 87.5 Å². The highest BCUT2D eigenvalue weighted by molar-refractivity contribution is 5.79. The third-order valence-corrected chi connectivity index (χ3v) is 6.43. The molecule has 1 rings (SSSR count). The van der Waals surface area contributed by atoms with Crippen molar-refractivity contribution in [2.45, 2.75) is 93.0 Å². The molecular formula is C19H37NO. The van der Waals surface area contributed by atoms with E-state index >= 15 is 0 Å². The van der Waals surface area contributed by atoms with Crippen LogP contribution in [-0.4, -0.2) is 11.4 Å². The molecule has 1 aliphatic rings. The first kappa shape index (κ1) is 18.5. The standard InChI is InChI=1S/C19H37NO/c1-9-18(5,6)15-12-10-14(11-13-15)16(21)20-19(7,8)17(2,3)4/h14-15H,9-13H2,1-8H3,(H,20,21). The van der Waals surface area contributed by atoms with Crippen LogP contribution in [0, 0.1) is 22.7 Å². The Balaban J connectivity index is 2.57. The predicted molar refractivity (Wildman–Crippen MR) is 91.2 cm³/mol. The first-order valence-corrected chi connectivity index (χ1v) is 8.73. The van der Waals surface area contributed by atoms with Gasteiger partial charge in [0.25, 0.3) is 0 Å². The molecule has 1 fully saturated rings. The van der Waals surface area contributed by atoms with E-state index in [1.165, 1.54) is 19.3 Å². The fourth-order valence-electron chi connectivity index (χ4n) is 3.02. The summed E-state index contributed by atoms with van der Waals surface area (Å²) < 4.78 is 0. The van der Waals surface area contributed by atoms with Crippen molar-refractivity contribution in [3.8, 4) is 0 Å². The lowest BCUT2D eigenvalue weighted by atomic mass is 9.67. The number of carbonyl (C=O) groups excluding carboxylic acids is 1. The third kappa shape index (κ3) is 4.47. The average Bonchev–Trinajstić information content (AvgIpc) is 2.37. The van der Waals surface area contributed by atoms with Gasteiger partial charge in [-0.1, -0.05) is 48.0 Å². The second-order valence-electron chi connectivity index (χ2n) is 9.25. The number of amides is 1. The Morgan fingerprint density at radius 1 is 0.952 bits per heavy atom. The van der Waals surface area contributed by atoms with Gasteiger partial charge in [-0.3, -0.25) is 4.79 Å². The minimum absolute atomic E-state index is 0.0735. The topological polar surface area (TPSA) is 29.1 Å². The molecule has 0 aliphatic heterocycles. The zero-order valence-electron chi connectivity index (χ0n) is 15.6.